The maximum absolute atomic E-state index is 2.32. The van der Waals surface area contributed by atoms with Crippen molar-refractivity contribution in [2.24, 2.45) is 0 Å². The summed E-state index contributed by atoms with van der Waals surface area (Å²) in [5.41, 5.74) is 16.6. The first-order valence-corrected chi connectivity index (χ1v) is 19.5. The topological polar surface area (TPSA) is 6.48 Å². The van der Waals surface area contributed by atoms with Crippen LogP contribution in [0.25, 0.3) is 33.4 Å². The van der Waals surface area contributed by atoms with E-state index in [2.05, 4.69) is 252 Å². The van der Waals surface area contributed by atoms with Crippen molar-refractivity contribution < 1.29 is 0 Å². The Kier molecular flexibility index (Phi) is 10.2. The molecule has 9 aromatic carbocycles. The van der Waals surface area contributed by atoms with Crippen LogP contribution in [-0.2, 0) is 6.42 Å². The molecule has 9 rings (SSSR count). The molecule has 0 bridgehead atoms. The molecule has 0 aliphatic carbocycles. The molecular weight excluding hydrogens is 689 g/mol. The number of nitrogens with zero attached hydrogens (tertiary/aromatic N) is 2. The number of para-hydroxylation sites is 2. The summed E-state index contributed by atoms with van der Waals surface area (Å²) in [4.78, 5) is 4.63. The highest BCUT2D eigenvalue weighted by Gasteiger charge is 2.15. The second-order valence-electron chi connectivity index (χ2n) is 14.3. The Bertz CT molecular complexity index is 2620. The van der Waals surface area contributed by atoms with E-state index in [0.717, 1.165) is 40.5 Å². The van der Waals surface area contributed by atoms with Crippen molar-refractivity contribution in [2.75, 3.05) is 9.80 Å². The molecule has 9 aromatic rings. The van der Waals surface area contributed by atoms with E-state index in [0.29, 0.717) is 0 Å². The van der Waals surface area contributed by atoms with E-state index in [4.69, 9.17) is 0 Å². The summed E-state index contributed by atoms with van der Waals surface area (Å²) in [6, 6.07) is 86.8. The molecule has 0 unspecified atom stereocenters. The lowest BCUT2D eigenvalue weighted by molar-refractivity contribution is 1.18. The molecule has 272 valence electrons. The second-order valence-corrected chi connectivity index (χ2v) is 14.3. The van der Waals surface area contributed by atoms with Crippen LogP contribution in [0.1, 0.15) is 11.1 Å². The molecule has 0 atom stereocenters. The molecule has 0 fully saturated rings. The standard InChI is InChI=1S/C55H42N2/c1-5-13-44(14-6-1)47-27-35-53(36-28-47)56(50-17-9-3-10-18-50)52-33-23-43(24-34-52)41-42-21-25-46(26-22-42)49-31-39-55(40-32-49)57(51-19-11-4-12-20-51)54-37-29-48(30-38-54)45-15-7-2-8-16-45/h1-40H,41H2. The van der Waals surface area contributed by atoms with Crippen LogP contribution in [0.2, 0.25) is 0 Å². The normalized spacial score (nSPS) is 10.9. The Morgan fingerprint density at radius 1 is 0.193 bits per heavy atom. The van der Waals surface area contributed by atoms with Gasteiger partial charge in [0.05, 0.1) is 0 Å². The summed E-state index contributed by atoms with van der Waals surface area (Å²) in [6.07, 6.45) is 0.867. The van der Waals surface area contributed by atoms with Crippen LogP contribution in [0.3, 0.4) is 0 Å². The minimum atomic E-state index is 0.867. The van der Waals surface area contributed by atoms with E-state index in [-0.39, 0.29) is 0 Å². The van der Waals surface area contributed by atoms with Gasteiger partial charge in [0.25, 0.3) is 0 Å². The van der Waals surface area contributed by atoms with Crippen LogP contribution in [0.4, 0.5) is 34.1 Å². The van der Waals surface area contributed by atoms with Gasteiger partial charge in [0.15, 0.2) is 0 Å². The van der Waals surface area contributed by atoms with Crippen molar-refractivity contribution in [1.82, 2.24) is 0 Å². The average Bonchev–Trinajstić information content (AvgIpc) is 3.29. The summed E-state index contributed by atoms with van der Waals surface area (Å²) in [5.74, 6) is 0. The van der Waals surface area contributed by atoms with Crippen molar-refractivity contribution in [2.45, 2.75) is 6.42 Å². The first-order valence-electron chi connectivity index (χ1n) is 19.5. The first kappa shape index (κ1) is 35.3. The van der Waals surface area contributed by atoms with Gasteiger partial charge in [0.1, 0.15) is 0 Å². The van der Waals surface area contributed by atoms with Crippen molar-refractivity contribution in [1.29, 1.82) is 0 Å². The Morgan fingerprint density at radius 3 is 0.719 bits per heavy atom. The van der Waals surface area contributed by atoms with Crippen molar-refractivity contribution in [3.8, 4) is 33.4 Å². The van der Waals surface area contributed by atoms with Gasteiger partial charge in [-0.2, -0.15) is 0 Å². The minimum Gasteiger partial charge on any atom is -0.311 e. The molecule has 2 heteroatoms. The molecule has 2 nitrogen and oxygen atoms in total. The second kappa shape index (κ2) is 16.5. The van der Waals surface area contributed by atoms with Gasteiger partial charge in [0, 0.05) is 34.1 Å². The summed E-state index contributed by atoms with van der Waals surface area (Å²) in [7, 11) is 0. The summed E-state index contributed by atoms with van der Waals surface area (Å²) >= 11 is 0. The zero-order chi connectivity index (χ0) is 38.2. The smallest absolute Gasteiger partial charge is 0.0462 e. The lowest BCUT2D eigenvalue weighted by atomic mass is 9.99. The molecule has 0 heterocycles. The van der Waals surface area contributed by atoms with Gasteiger partial charge in [-0.1, -0.05) is 170 Å². The van der Waals surface area contributed by atoms with E-state index < -0.39 is 0 Å². The Labute approximate surface area is 336 Å². The monoisotopic (exact) mass is 730 g/mol. The van der Waals surface area contributed by atoms with E-state index in [1.165, 1.54) is 44.5 Å². The molecular formula is C55H42N2. The van der Waals surface area contributed by atoms with Crippen LogP contribution in [0.5, 0.6) is 0 Å². The van der Waals surface area contributed by atoms with Crippen LogP contribution in [0, 0.1) is 0 Å². The van der Waals surface area contributed by atoms with E-state index in [9.17, 15) is 0 Å². The molecule has 0 aromatic heterocycles. The van der Waals surface area contributed by atoms with Gasteiger partial charge in [-0.15, -0.1) is 0 Å². The quantitative estimate of drug-likeness (QED) is 0.131. The lowest BCUT2D eigenvalue weighted by Crippen LogP contribution is -2.09. The molecule has 0 aliphatic heterocycles. The third-order valence-corrected chi connectivity index (χ3v) is 10.5. The number of hydrogen-bond donors (Lipinski definition) is 0. The van der Waals surface area contributed by atoms with Crippen molar-refractivity contribution in [3.05, 3.63) is 254 Å². The number of benzene rings is 9. The minimum absolute atomic E-state index is 0.867. The molecule has 0 aliphatic rings. The van der Waals surface area contributed by atoms with Gasteiger partial charge < -0.3 is 9.80 Å². The van der Waals surface area contributed by atoms with Gasteiger partial charge in [-0.05, 0) is 124 Å². The highest BCUT2D eigenvalue weighted by Crippen LogP contribution is 2.38. The van der Waals surface area contributed by atoms with Gasteiger partial charge >= 0.3 is 0 Å². The highest BCUT2D eigenvalue weighted by molar-refractivity contribution is 5.81. The number of anilines is 6. The Balaban J connectivity index is 0.907. The number of rotatable bonds is 11. The third kappa shape index (κ3) is 8.03. The fourth-order valence-electron chi connectivity index (χ4n) is 7.53. The van der Waals surface area contributed by atoms with Crippen LogP contribution >= 0.6 is 0 Å². The van der Waals surface area contributed by atoms with Crippen molar-refractivity contribution in [3.63, 3.8) is 0 Å². The predicted molar refractivity (Wildman–Crippen MR) is 241 cm³/mol. The fourth-order valence-corrected chi connectivity index (χ4v) is 7.53. The maximum Gasteiger partial charge on any atom is 0.0462 e. The van der Waals surface area contributed by atoms with E-state index in [1.807, 2.05) is 0 Å². The zero-order valence-electron chi connectivity index (χ0n) is 31.7. The van der Waals surface area contributed by atoms with Crippen LogP contribution in [-0.4, -0.2) is 0 Å². The zero-order valence-corrected chi connectivity index (χ0v) is 31.7. The average molecular weight is 731 g/mol. The van der Waals surface area contributed by atoms with Crippen LogP contribution in [0.15, 0.2) is 243 Å². The van der Waals surface area contributed by atoms with E-state index in [1.54, 1.807) is 0 Å². The van der Waals surface area contributed by atoms with E-state index >= 15 is 0 Å². The SMILES string of the molecule is c1ccc(-c2ccc(N(c3ccccc3)c3ccc(Cc4ccc(-c5ccc(N(c6ccccc6)c6ccc(-c7ccccc7)cc6)cc5)cc4)cc3)cc2)cc1. The van der Waals surface area contributed by atoms with Gasteiger partial charge in [0.2, 0.25) is 0 Å². The molecule has 0 saturated carbocycles. The molecule has 0 amide bonds. The molecule has 0 saturated heterocycles. The first-order chi connectivity index (χ1) is 28.2. The Morgan fingerprint density at radius 2 is 0.404 bits per heavy atom. The van der Waals surface area contributed by atoms with Crippen LogP contribution < -0.4 is 9.80 Å². The summed E-state index contributed by atoms with van der Waals surface area (Å²) in [5, 5.41) is 0. The molecule has 0 spiro atoms. The predicted octanol–water partition coefficient (Wildman–Crippen LogP) is 15.2. The summed E-state index contributed by atoms with van der Waals surface area (Å²) in [6.45, 7) is 0. The Hall–Kier alpha value is -7.42. The third-order valence-electron chi connectivity index (χ3n) is 10.5. The summed E-state index contributed by atoms with van der Waals surface area (Å²) < 4.78 is 0. The van der Waals surface area contributed by atoms with Crippen molar-refractivity contribution >= 4 is 34.1 Å². The van der Waals surface area contributed by atoms with Gasteiger partial charge in [-0.3, -0.25) is 0 Å². The molecule has 57 heavy (non-hydrogen) atoms. The molecule has 0 radical (unpaired) electrons. The molecule has 0 N–H and O–H groups in total. The largest absolute Gasteiger partial charge is 0.311 e. The fraction of sp³-hybridized carbons (Fsp3) is 0.0182. The maximum atomic E-state index is 2.32. The highest BCUT2D eigenvalue weighted by atomic mass is 15.1. The lowest BCUT2D eigenvalue weighted by Gasteiger charge is -2.26. The number of hydrogen-bond acceptors (Lipinski definition) is 2. The van der Waals surface area contributed by atoms with Gasteiger partial charge in [-0.25, -0.2) is 0 Å².